The number of benzene rings is 1. The first-order chi connectivity index (χ1) is 15.8. The van der Waals surface area contributed by atoms with Crippen LogP contribution >= 0.6 is 11.3 Å². The zero-order valence-corrected chi connectivity index (χ0v) is 20.2. The molecule has 4 rings (SSSR count). The molecule has 9 nitrogen and oxygen atoms in total. The number of piperazine rings is 1. The Morgan fingerprint density at radius 2 is 1.82 bits per heavy atom. The summed E-state index contributed by atoms with van der Waals surface area (Å²) in [5, 5.41) is 13.2. The van der Waals surface area contributed by atoms with Crippen molar-refractivity contribution in [2.45, 2.75) is 31.2 Å². The molecule has 0 radical (unpaired) electrons. The van der Waals surface area contributed by atoms with E-state index in [1.165, 1.54) is 21.3 Å². The van der Waals surface area contributed by atoms with Crippen LogP contribution in [-0.4, -0.2) is 72.6 Å². The summed E-state index contributed by atoms with van der Waals surface area (Å²) in [4.78, 5) is 29.1. The zero-order chi connectivity index (χ0) is 23.6. The van der Waals surface area contributed by atoms with Gasteiger partial charge in [0.15, 0.2) is 0 Å². The van der Waals surface area contributed by atoms with Crippen molar-refractivity contribution in [1.82, 2.24) is 14.1 Å². The average molecular weight is 493 g/mol. The molecule has 0 saturated carbocycles. The summed E-state index contributed by atoms with van der Waals surface area (Å²) >= 11 is 1.74. The minimum atomic E-state index is -3.86. The first-order valence-electron chi connectivity index (χ1n) is 11.0. The minimum absolute atomic E-state index is 0.0386. The third-order valence-corrected chi connectivity index (χ3v) is 9.35. The van der Waals surface area contributed by atoms with E-state index in [4.69, 9.17) is 0 Å². The van der Waals surface area contributed by atoms with Crippen molar-refractivity contribution in [1.29, 1.82) is 0 Å². The van der Waals surface area contributed by atoms with E-state index in [2.05, 4.69) is 16.3 Å². The van der Waals surface area contributed by atoms with E-state index in [9.17, 15) is 23.3 Å². The fourth-order valence-electron chi connectivity index (χ4n) is 4.47. The fourth-order valence-corrected chi connectivity index (χ4v) is 6.93. The Labute approximate surface area is 197 Å². The number of nitrogens with zero attached hydrogens (tertiary/aromatic N) is 4. The number of thiophene rings is 1. The number of aryl methyl sites for hydroxylation is 1. The second-order valence-corrected chi connectivity index (χ2v) is 11.5. The van der Waals surface area contributed by atoms with Crippen molar-refractivity contribution in [2.75, 3.05) is 39.3 Å². The molecule has 0 unspecified atom stereocenters. The van der Waals surface area contributed by atoms with Gasteiger partial charge in [0.1, 0.15) is 0 Å². The van der Waals surface area contributed by atoms with E-state index >= 15 is 0 Å². The summed E-state index contributed by atoms with van der Waals surface area (Å²) in [5.74, 6) is -0.0825. The molecule has 1 aromatic carbocycles. The van der Waals surface area contributed by atoms with Crippen LogP contribution < -0.4 is 0 Å². The van der Waals surface area contributed by atoms with E-state index in [0.29, 0.717) is 31.5 Å². The van der Waals surface area contributed by atoms with Crippen molar-refractivity contribution in [3.8, 4) is 0 Å². The minimum Gasteiger partial charge on any atom is -0.340 e. The van der Waals surface area contributed by atoms with Gasteiger partial charge in [0, 0.05) is 68.7 Å². The molecule has 1 amide bonds. The van der Waals surface area contributed by atoms with Gasteiger partial charge in [-0.2, -0.15) is 4.31 Å². The van der Waals surface area contributed by atoms with Crippen LogP contribution in [0.5, 0.6) is 0 Å². The number of sulfonamides is 1. The summed E-state index contributed by atoms with van der Waals surface area (Å²) in [6.07, 6.45) is 0.920. The number of non-ortho nitro benzene ring substituents is 1. The normalized spacial score (nSPS) is 19.0. The molecule has 0 spiro atoms. The molecule has 2 aromatic rings. The molecule has 178 valence electrons. The number of piperidine rings is 1. The number of carbonyl (C=O) groups excluding carboxylic acids is 1. The molecule has 33 heavy (non-hydrogen) atoms. The lowest BCUT2D eigenvalue weighted by Crippen LogP contribution is -2.51. The predicted octanol–water partition coefficient (Wildman–Crippen LogP) is 2.71. The van der Waals surface area contributed by atoms with Gasteiger partial charge in [-0.05, 0) is 36.8 Å². The van der Waals surface area contributed by atoms with Crippen molar-refractivity contribution in [3.63, 3.8) is 0 Å². The number of carbonyl (C=O) groups is 1. The lowest BCUT2D eigenvalue weighted by molar-refractivity contribution is -0.385. The Morgan fingerprint density at radius 1 is 1.12 bits per heavy atom. The Morgan fingerprint density at radius 3 is 2.42 bits per heavy atom. The fraction of sp³-hybridized carbons (Fsp3) is 0.500. The molecular weight excluding hydrogens is 464 g/mol. The lowest BCUT2D eigenvalue weighted by Gasteiger charge is -2.38. The summed E-state index contributed by atoms with van der Waals surface area (Å²) in [6, 6.07) is 8.06. The van der Waals surface area contributed by atoms with Gasteiger partial charge < -0.3 is 4.90 Å². The monoisotopic (exact) mass is 492 g/mol. The predicted molar refractivity (Wildman–Crippen MR) is 125 cm³/mol. The van der Waals surface area contributed by atoms with Crippen LogP contribution in [0.15, 0.2) is 40.6 Å². The molecule has 11 heteroatoms. The highest BCUT2D eigenvalue weighted by Crippen LogP contribution is 2.29. The van der Waals surface area contributed by atoms with Gasteiger partial charge in [-0.15, -0.1) is 11.3 Å². The standard InChI is InChI=1S/C22H28N4O5S2/c1-17-4-5-19(26(28)29)15-21(17)33(30,31)25-8-6-18(7-9-25)22(27)24-12-10-23(11-13-24)16-20-3-2-14-32-20/h2-5,14-15,18H,6-13,16H2,1H3. The quantitative estimate of drug-likeness (QED) is 0.454. The van der Waals surface area contributed by atoms with Crippen LogP contribution in [0.25, 0.3) is 0 Å². The second-order valence-electron chi connectivity index (χ2n) is 8.57. The van der Waals surface area contributed by atoms with Crippen LogP contribution in [0.4, 0.5) is 5.69 Å². The number of hydrogen-bond donors (Lipinski definition) is 0. The maximum atomic E-state index is 13.1. The van der Waals surface area contributed by atoms with Crippen molar-refractivity contribution in [3.05, 3.63) is 56.3 Å². The molecule has 0 N–H and O–H groups in total. The van der Waals surface area contributed by atoms with Gasteiger partial charge in [-0.1, -0.05) is 12.1 Å². The lowest BCUT2D eigenvalue weighted by atomic mass is 9.96. The highest BCUT2D eigenvalue weighted by molar-refractivity contribution is 7.89. The number of rotatable bonds is 6. The van der Waals surface area contributed by atoms with Crippen molar-refractivity contribution < 1.29 is 18.1 Å². The summed E-state index contributed by atoms with van der Waals surface area (Å²) in [5.41, 5.74) is 0.224. The molecule has 2 fully saturated rings. The molecule has 2 saturated heterocycles. The second kappa shape index (κ2) is 9.88. The van der Waals surface area contributed by atoms with Gasteiger partial charge in [-0.3, -0.25) is 19.8 Å². The van der Waals surface area contributed by atoms with Crippen LogP contribution in [0.1, 0.15) is 23.3 Å². The molecule has 0 atom stereocenters. The van der Waals surface area contributed by atoms with E-state index in [-0.39, 0.29) is 35.5 Å². The largest absolute Gasteiger partial charge is 0.340 e. The van der Waals surface area contributed by atoms with Crippen LogP contribution in [0.2, 0.25) is 0 Å². The molecule has 0 bridgehead atoms. The highest BCUT2D eigenvalue weighted by Gasteiger charge is 2.35. The average Bonchev–Trinajstić information content (AvgIpc) is 3.32. The molecule has 2 aliphatic rings. The summed E-state index contributed by atoms with van der Waals surface area (Å²) in [7, 11) is -3.86. The van der Waals surface area contributed by atoms with Gasteiger partial charge in [0.05, 0.1) is 9.82 Å². The third-order valence-electron chi connectivity index (χ3n) is 6.45. The number of nitro benzene ring substituents is 1. The van der Waals surface area contributed by atoms with Gasteiger partial charge in [0.25, 0.3) is 5.69 Å². The third kappa shape index (κ3) is 5.26. The number of nitro groups is 1. The Balaban J connectivity index is 1.33. The van der Waals surface area contributed by atoms with E-state index < -0.39 is 14.9 Å². The zero-order valence-electron chi connectivity index (χ0n) is 18.6. The molecule has 2 aliphatic heterocycles. The smallest absolute Gasteiger partial charge is 0.270 e. The SMILES string of the molecule is Cc1ccc([N+](=O)[O-])cc1S(=O)(=O)N1CCC(C(=O)N2CCN(Cc3cccs3)CC2)CC1. The van der Waals surface area contributed by atoms with Gasteiger partial charge in [-0.25, -0.2) is 8.42 Å². The van der Waals surface area contributed by atoms with E-state index in [0.717, 1.165) is 25.7 Å². The van der Waals surface area contributed by atoms with Crippen LogP contribution in [0.3, 0.4) is 0 Å². The molecule has 1 aromatic heterocycles. The van der Waals surface area contributed by atoms with E-state index in [1.807, 2.05) is 11.0 Å². The van der Waals surface area contributed by atoms with Crippen molar-refractivity contribution in [2.24, 2.45) is 5.92 Å². The topological polar surface area (TPSA) is 104 Å². The first kappa shape index (κ1) is 23.8. The summed E-state index contributed by atoms with van der Waals surface area (Å²) < 4.78 is 27.6. The molecule has 0 aliphatic carbocycles. The van der Waals surface area contributed by atoms with Gasteiger partial charge in [0.2, 0.25) is 15.9 Å². The van der Waals surface area contributed by atoms with Gasteiger partial charge >= 0.3 is 0 Å². The maximum Gasteiger partial charge on any atom is 0.270 e. The number of hydrogen-bond acceptors (Lipinski definition) is 7. The number of amides is 1. The van der Waals surface area contributed by atoms with Crippen LogP contribution in [0, 0.1) is 23.0 Å². The first-order valence-corrected chi connectivity index (χ1v) is 13.4. The molecular formula is C22H28N4O5S2. The summed E-state index contributed by atoms with van der Waals surface area (Å²) in [6.45, 7) is 6.06. The Bertz CT molecular complexity index is 1100. The Hall–Kier alpha value is -2.34. The molecule has 3 heterocycles. The maximum absolute atomic E-state index is 13.1. The van der Waals surface area contributed by atoms with Crippen molar-refractivity contribution >= 4 is 33.0 Å². The van der Waals surface area contributed by atoms with Crippen LogP contribution in [-0.2, 0) is 21.4 Å². The van der Waals surface area contributed by atoms with E-state index in [1.54, 1.807) is 18.3 Å². The Kier molecular flexibility index (Phi) is 7.13. The highest BCUT2D eigenvalue weighted by atomic mass is 32.2.